The molecule has 3 rings (SSSR count). The summed E-state index contributed by atoms with van der Waals surface area (Å²) in [6.45, 7) is 0. The summed E-state index contributed by atoms with van der Waals surface area (Å²) < 4.78 is 5.31. The van der Waals surface area contributed by atoms with Gasteiger partial charge in [-0.3, -0.25) is 0 Å². The van der Waals surface area contributed by atoms with Crippen LogP contribution in [0.25, 0.3) is 0 Å². The maximum absolute atomic E-state index is 6.19. The molecule has 2 saturated carbocycles. The Balaban J connectivity index is 1.53. The third-order valence-electron chi connectivity index (χ3n) is 4.28. The number of hydrogen-bond acceptors (Lipinski definition) is 4. The molecule has 0 bridgehead atoms. The fourth-order valence-corrected chi connectivity index (χ4v) is 2.96. The van der Waals surface area contributed by atoms with Crippen LogP contribution in [0.3, 0.4) is 0 Å². The first-order valence-electron chi connectivity index (χ1n) is 7.39. The summed E-state index contributed by atoms with van der Waals surface area (Å²) in [6, 6.07) is -0.0615. The van der Waals surface area contributed by atoms with Crippen LogP contribution in [0, 0.1) is 11.8 Å². The van der Waals surface area contributed by atoms with E-state index in [1.54, 1.807) is 0 Å². The van der Waals surface area contributed by atoms with Crippen LogP contribution in [0.4, 0.5) is 0 Å². The number of nitrogens with zero attached hydrogens (tertiary/aromatic N) is 2. The molecule has 1 atom stereocenters. The van der Waals surface area contributed by atoms with E-state index in [2.05, 4.69) is 10.1 Å². The quantitative estimate of drug-likeness (QED) is 0.871. The predicted molar refractivity (Wildman–Crippen MR) is 68.8 cm³/mol. The number of hydrogen-bond donors (Lipinski definition) is 1. The Hall–Kier alpha value is -0.900. The van der Waals surface area contributed by atoms with Gasteiger partial charge in [-0.2, -0.15) is 4.98 Å². The molecule has 0 aromatic carbocycles. The first kappa shape index (κ1) is 12.2. The zero-order chi connectivity index (χ0) is 12.4. The molecule has 4 nitrogen and oxygen atoms in total. The minimum Gasteiger partial charge on any atom is -0.338 e. The minimum absolute atomic E-state index is 0.0615. The highest BCUT2D eigenvalue weighted by Crippen LogP contribution is 2.33. The predicted octanol–water partition coefficient (Wildman–Crippen LogP) is 2.99. The second-order valence-electron chi connectivity index (χ2n) is 6.04. The number of nitrogens with two attached hydrogens (primary N) is 1. The van der Waals surface area contributed by atoms with Crippen molar-refractivity contribution in [3.8, 4) is 0 Å². The van der Waals surface area contributed by atoms with Crippen LogP contribution >= 0.6 is 0 Å². The van der Waals surface area contributed by atoms with Crippen LogP contribution in [-0.4, -0.2) is 10.1 Å². The number of aromatic nitrogens is 2. The summed E-state index contributed by atoms with van der Waals surface area (Å²) in [5.41, 5.74) is 6.19. The van der Waals surface area contributed by atoms with Crippen molar-refractivity contribution in [2.24, 2.45) is 17.6 Å². The van der Waals surface area contributed by atoms with Crippen molar-refractivity contribution in [1.29, 1.82) is 0 Å². The molecule has 1 unspecified atom stereocenters. The molecule has 18 heavy (non-hydrogen) atoms. The molecule has 1 aromatic heterocycles. The zero-order valence-corrected chi connectivity index (χ0v) is 11.0. The van der Waals surface area contributed by atoms with E-state index in [1.165, 1.54) is 44.9 Å². The smallest absolute Gasteiger partial charge is 0.243 e. The lowest BCUT2D eigenvalue weighted by atomic mass is 9.85. The van der Waals surface area contributed by atoms with Gasteiger partial charge in [0.2, 0.25) is 5.89 Å². The van der Waals surface area contributed by atoms with Gasteiger partial charge >= 0.3 is 0 Å². The van der Waals surface area contributed by atoms with Gasteiger partial charge in [0, 0.05) is 6.42 Å². The SMILES string of the molecule is NC(CC1CCCCC1)c1nc(CC2CC2)no1. The van der Waals surface area contributed by atoms with E-state index in [0.717, 1.165) is 30.5 Å². The van der Waals surface area contributed by atoms with Crippen molar-refractivity contribution in [1.82, 2.24) is 10.1 Å². The molecule has 0 aliphatic heterocycles. The monoisotopic (exact) mass is 249 g/mol. The normalized spacial score (nSPS) is 23.2. The molecule has 0 radical (unpaired) electrons. The average Bonchev–Trinajstić information content (AvgIpc) is 3.06. The zero-order valence-electron chi connectivity index (χ0n) is 11.0. The van der Waals surface area contributed by atoms with Gasteiger partial charge in [0.05, 0.1) is 6.04 Å². The van der Waals surface area contributed by atoms with Crippen molar-refractivity contribution in [3.63, 3.8) is 0 Å². The summed E-state index contributed by atoms with van der Waals surface area (Å²) in [5.74, 6) is 3.06. The standard InChI is InChI=1S/C14H23N3O/c15-12(8-10-4-2-1-3-5-10)14-16-13(17-18-14)9-11-6-7-11/h10-12H,1-9,15H2. The van der Waals surface area contributed by atoms with E-state index in [4.69, 9.17) is 10.3 Å². The first-order valence-corrected chi connectivity index (χ1v) is 7.39. The Kier molecular flexibility index (Phi) is 3.64. The van der Waals surface area contributed by atoms with Gasteiger partial charge in [0.1, 0.15) is 0 Å². The fourth-order valence-electron chi connectivity index (χ4n) is 2.96. The maximum atomic E-state index is 6.19. The molecular formula is C14H23N3O. The number of rotatable bonds is 5. The first-order chi connectivity index (χ1) is 8.81. The molecule has 2 N–H and O–H groups in total. The van der Waals surface area contributed by atoms with Gasteiger partial charge in [-0.05, 0) is 31.1 Å². The van der Waals surface area contributed by atoms with Crippen LogP contribution in [0.15, 0.2) is 4.52 Å². The van der Waals surface area contributed by atoms with E-state index >= 15 is 0 Å². The van der Waals surface area contributed by atoms with E-state index in [9.17, 15) is 0 Å². The van der Waals surface area contributed by atoms with Gasteiger partial charge in [-0.1, -0.05) is 37.3 Å². The van der Waals surface area contributed by atoms with Crippen LogP contribution in [0.2, 0.25) is 0 Å². The van der Waals surface area contributed by atoms with Crippen LogP contribution < -0.4 is 5.73 Å². The second-order valence-corrected chi connectivity index (χ2v) is 6.04. The summed E-state index contributed by atoms with van der Waals surface area (Å²) in [5, 5.41) is 4.04. The van der Waals surface area contributed by atoms with Crippen molar-refractivity contribution < 1.29 is 4.52 Å². The minimum atomic E-state index is -0.0615. The maximum Gasteiger partial charge on any atom is 0.243 e. The molecule has 0 spiro atoms. The van der Waals surface area contributed by atoms with Gasteiger partial charge < -0.3 is 10.3 Å². The van der Waals surface area contributed by atoms with Crippen molar-refractivity contribution in [2.45, 2.75) is 63.8 Å². The molecule has 0 saturated heterocycles. The molecule has 1 aromatic rings. The van der Waals surface area contributed by atoms with Crippen LogP contribution in [-0.2, 0) is 6.42 Å². The highest BCUT2D eigenvalue weighted by molar-refractivity contribution is 4.95. The summed E-state index contributed by atoms with van der Waals surface area (Å²) in [6.07, 6.45) is 11.3. The third kappa shape index (κ3) is 3.10. The Morgan fingerprint density at radius 2 is 1.89 bits per heavy atom. The lowest BCUT2D eigenvalue weighted by molar-refractivity contribution is 0.283. The van der Waals surface area contributed by atoms with E-state index in [0.29, 0.717) is 5.89 Å². The molecular weight excluding hydrogens is 226 g/mol. The van der Waals surface area contributed by atoms with Crippen LogP contribution in [0.1, 0.15) is 69.1 Å². The molecule has 0 amide bonds. The Bertz CT molecular complexity index is 380. The molecule has 1 heterocycles. The second kappa shape index (κ2) is 5.39. The van der Waals surface area contributed by atoms with E-state index in [1.807, 2.05) is 0 Å². The van der Waals surface area contributed by atoms with Gasteiger partial charge in [-0.15, -0.1) is 0 Å². The summed E-state index contributed by atoms with van der Waals surface area (Å²) >= 11 is 0. The van der Waals surface area contributed by atoms with Crippen molar-refractivity contribution in [2.75, 3.05) is 0 Å². The summed E-state index contributed by atoms with van der Waals surface area (Å²) in [7, 11) is 0. The lowest BCUT2D eigenvalue weighted by Gasteiger charge is -2.22. The third-order valence-corrected chi connectivity index (χ3v) is 4.28. The van der Waals surface area contributed by atoms with Gasteiger partial charge in [0.25, 0.3) is 0 Å². The topological polar surface area (TPSA) is 64.9 Å². The molecule has 4 heteroatoms. The Morgan fingerprint density at radius 1 is 1.11 bits per heavy atom. The summed E-state index contributed by atoms with van der Waals surface area (Å²) in [4.78, 5) is 4.45. The molecule has 2 aliphatic rings. The highest BCUT2D eigenvalue weighted by atomic mass is 16.5. The average molecular weight is 249 g/mol. The Morgan fingerprint density at radius 3 is 2.61 bits per heavy atom. The highest BCUT2D eigenvalue weighted by Gasteiger charge is 2.26. The van der Waals surface area contributed by atoms with E-state index < -0.39 is 0 Å². The molecule has 2 fully saturated rings. The van der Waals surface area contributed by atoms with Gasteiger partial charge in [0.15, 0.2) is 5.82 Å². The van der Waals surface area contributed by atoms with Crippen LogP contribution in [0.5, 0.6) is 0 Å². The molecule has 100 valence electrons. The fraction of sp³-hybridized carbons (Fsp3) is 0.857. The van der Waals surface area contributed by atoms with Gasteiger partial charge in [-0.25, -0.2) is 0 Å². The Labute approximate surface area is 108 Å². The lowest BCUT2D eigenvalue weighted by Crippen LogP contribution is -2.17. The van der Waals surface area contributed by atoms with Crippen molar-refractivity contribution in [3.05, 3.63) is 11.7 Å². The van der Waals surface area contributed by atoms with Crippen molar-refractivity contribution >= 4 is 0 Å². The largest absolute Gasteiger partial charge is 0.338 e. The molecule has 2 aliphatic carbocycles. The van der Waals surface area contributed by atoms with E-state index in [-0.39, 0.29) is 6.04 Å².